The quantitative estimate of drug-likeness (QED) is 0.750. The molecule has 1 atom stereocenters. The molecule has 0 spiro atoms. The first kappa shape index (κ1) is 9.95. The highest BCUT2D eigenvalue weighted by Crippen LogP contribution is 2.32. The fourth-order valence-electron chi connectivity index (χ4n) is 1.49. The van der Waals surface area contributed by atoms with Gasteiger partial charge in [-0.2, -0.15) is 0 Å². The molecule has 1 unspecified atom stereocenters. The number of para-hydroxylation sites is 1. The Labute approximate surface area is 85.9 Å². The van der Waals surface area contributed by atoms with Crippen molar-refractivity contribution >= 4 is 5.97 Å². The zero-order chi connectivity index (χ0) is 10.8. The maximum absolute atomic E-state index is 10.6. The van der Waals surface area contributed by atoms with Crippen LogP contribution in [0.2, 0.25) is 0 Å². The first-order chi connectivity index (χ1) is 7.20. The lowest BCUT2D eigenvalue weighted by molar-refractivity contribution is -0.147. The van der Waals surface area contributed by atoms with Crippen molar-refractivity contribution < 1.29 is 24.5 Å². The van der Waals surface area contributed by atoms with E-state index in [1.54, 1.807) is 12.1 Å². The molecule has 0 saturated heterocycles. The Balaban J connectivity index is 2.43. The van der Waals surface area contributed by atoms with Crippen LogP contribution in [-0.4, -0.2) is 23.0 Å². The summed E-state index contributed by atoms with van der Waals surface area (Å²) in [5, 5.41) is 18.1. The number of carboxylic acid groups (broad SMARTS) is 1. The van der Waals surface area contributed by atoms with Gasteiger partial charge in [0.1, 0.15) is 5.75 Å². The van der Waals surface area contributed by atoms with Gasteiger partial charge in [-0.25, -0.2) is 4.79 Å². The highest BCUT2D eigenvalue weighted by Gasteiger charge is 2.24. The van der Waals surface area contributed by atoms with Crippen molar-refractivity contribution in [3.05, 3.63) is 29.3 Å². The third-order valence-corrected chi connectivity index (χ3v) is 2.20. The average Bonchev–Trinajstić information content (AvgIpc) is 2.27. The summed E-state index contributed by atoms with van der Waals surface area (Å²) in [6, 6.07) is 4.97. The van der Waals surface area contributed by atoms with E-state index < -0.39 is 12.1 Å². The van der Waals surface area contributed by atoms with Crippen molar-refractivity contribution in [1.82, 2.24) is 0 Å². The van der Waals surface area contributed by atoms with E-state index in [2.05, 4.69) is 0 Å². The van der Waals surface area contributed by atoms with Gasteiger partial charge in [0.05, 0.1) is 6.61 Å². The molecule has 1 heterocycles. The number of benzene rings is 1. The Bertz CT molecular complexity index is 387. The van der Waals surface area contributed by atoms with Crippen LogP contribution in [0.25, 0.3) is 0 Å². The standard InChI is InChI=1S/C10H10O5/c11-8(10(12)13)7-3-1-2-6-4-14-5-15-9(6)7/h1-3,8,11H,4-5H2,(H,12,13). The summed E-state index contributed by atoms with van der Waals surface area (Å²) in [6.45, 7) is 0.450. The molecule has 0 amide bonds. The largest absolute Gasteiger partial charge is 0.479 e. The van der Waals surface area contributed by atoms with Gasteiger partial charge in [-0.15, -0.1) is 0 Å². The van der Waals surface area contributed by atoms with E-state index in [0.717, 1.165) is 5.56 Å². The van der Waals surface area contributed by atoms with Gasteiger partial charge in [0.2, 0.25) is 0 Å². The van der Waals surface area contributed by atoms with Gasteiger partial charge in [0, 0.05) is 11.1 Å². The Morgan fingerprint density at radius 2 is 2.27 bits per heavy atom. The monoisotopic (exact) mass is 210 g/mol. The second kappa shape index (κ2) is 3.88. The van der Waals surface area contributed by atoms with Crippen molar-refractivity contribution in [3.63, 3.8) is 0 Å². The lowest BCUT2D eigenvalue weighted by Crippen LogP contribution is -2.17. The van der Waals surface area contributed by atoms with E-state index in [1.165, 1.54) is 6.07 Å². The number of aliphatic hydroxyl groups excluding tert-OH is 1. The Morgan fingerprint density at radius 1 is 1.47 bits per heavy atom. The van der Waals surface area contributed by atoms with Gasteiger partial charge >= 0.3 is 5.97 Å². The molecule has 0 radical (unpaired) electrons. The van der Waals surface area contributed by atoms with E-state index in [-0.39, 0.29) is 12.4 Å². The summed E-state index contributed by atoms with van der Waals surface area (Å²) in [5.74, 6) is -0.878. The van der Waals surface area contributed by atoms with E-state index in [4.69, 9.17) is 14.6 Å². The van der Waals surface area contributed by atoms with Crippen LogP contribution in [0.5, 0.6) is 5.75 Å². The molecule has 1 aromatic rings. The molecular weight excluding hydrogens is 200 g/mol. The summed E-state index contributed by atoms with van der Waals surface area (Å²) < 4.78 is 10.2. The highest BCUT2D eigenvalue weighted by molar-refractivity contribution is 5.75. The fraction of sp³-hybridized carbons (Fsp3) is 0.300. The van der Waals surface area contributed by atoms with Crippen LogP contribution < -0.4 is 4.74 Å². The molecule has 15 heavy (non-hydrogen) atoms. The summed E-state index contributed by atoms with van der Waals surface area (Å²) in [4.78, 5) is 10.6. The smallest absolute Gasteiger partial charge is 0.337 e. The molecule has 2 rings (SSSR count). The van der Waals surface area contributed by atoms with Crippen LogP contribution in [0.15, 0.2) is 18.2 Å². The fourth-order valence-corrected chi connectivity index (χ4v) is 1.49. The number of carboxylic acids is 1. The predicted octanol–water partition coefficient (Wildman–Crippen LogP) is 0.671. The zero-order valence-electron chi connectivity index (χ0n) is 7.84. The molecule has 1 aliphatic rings. The Kier molecular flexibility index (Phi) is 2.57. The first-order valence-corrected chi connectivity index (χ1v) is 4.43. The van der Waals surface area contributed by atoms with Crippen LogP contribution in [0.1, 0.15) is 17.2 Å². The lowest BCUT2D eigenvalue weighted by atomic mass is 10.0. The van der Waals surface area contributed by atoms with E-state index in [9.17, 15) is 9.90 Å². The topological polar surface area (TPSA) is 76.0 Å². The summed E-state index contributed by atoms with van der Waals surface area (Å²) in [7, 11) is 0. The number of hydrogen-bond acceptors (Lipinski definition) is 4. The molecule has 2 N–H and O–H groups in total. The second-order valence-electron chi connectivity index (χ2n) is 3.19. The molecule has 0 bridgehead atoms. The second-order valence-corrected chi connectivity index (χ2v) is 3.19. The summed E-state index contributed by atoms with van der Waals surface area (Å²) >= 11 is 0. The van der Waals surface area contributed by atoms with Crippen LogP contribution in [0.4, 0.5) is 0 Å². The van der Waals surface area contributed by atoms with Crippen molar-refractivity contribution in [1.29, 1.82) is 0 Å². The molecular formula is C10H10O5. The van der Waals surface area contributed by atoms with Crippen molar-refractivity contribution in [2.24, 2.45) is 0 Å². The molecule has 80 valence electrons. The third kappa shape index (κ3) is 1.79. The number of carbonyl (C=O) groups is 1. The third-order valence-electron chi connectivity index (χ3n) is 2.20. The number of ether oxygens (including phenoxy) is 2. The van der Waals surface area contributed by atoms with E-state index in [1.807, 2.05) is 0 Å². The minimum atomic E-state index is -1.56. The van der Waals surface area contributed by atoms with Crippen LogP contribution in [0, 0.1) is 0 Å². The number of fused-ring (bicyclic) bond motifs is 1. The number of hydrogen-bond donors (Lipinski definition) is 2. The Morgan fingerprint density at radius 3 is 3.00 bits per heavy atom. The van der Waals surface area contributed by atoms with Gasteiger partial charge in [-0.3, -0.25) is 0 Å². The molecule has 1 aromatic carbocycles. The molecule has 5 heteroatoms. The SMILES string of the molecule is O=C(O)C(O)c1cccc2c1OCOC2. The van der Waals surface area contributed by atoms with Crippen molar-refractivity contribution in [2.45, 2.75) is 12.7 Å². The number of rotatable bonds is 2. The van der Waals surface area contributed by atoms with Gasteiger partial charge < -0.3 is 19.7 Å². The van der Waals surface area contributed by atoms with Gasteiger partial charge in [0.25, 0.3) is 0 Å². The average molecular weight is 210 g/mol. The molecule has 5 nitrogen and oxygen atoms in total. The van der Waals surface area contributed by atoms with Crippen LogP contribution in [0.3, 0.4) is 0 Å². The van der Waals surface area contributed by atoms with Crippen LogP contribution in [-0.2, 0) is 16.1 Å². The molecule has 0 saturated carbocycles. The molecule has 0 aromatic heterocycles. The van der Waals surface area contributed by atoms with E-state index in [0.29, 0.717) is 12.4 Å². The normalized spacial score (nSPS) is 16.3. The molecule has 1 aliphatic heterocycles. The zero-order valence-corrected chi connectivity index (χ0v) is 7.84. The molecule has 0 fully saturated rings. The molecule has 0 aliphatic carbocycles. The van der Waals surface area contributed by atoms with Gasteiger partial charge in [-0.05, 0) is 0 Å². The summed E-state index contributed by atoms with van der Waals surface area (Å²) in [5.41, 5.74) is 1.02. The van der Waals surface area contributed by atoms with Crippen LogP contribution >= 0.6 is 0 Å². The maximum atomic E-state index is 10.6. The minimum absolute atomic E-state index is 0.0797. The van der Waals surface area contributed by atoms with E-state index >= 15 is 0 Å². The number of aliphatic carboxylic acids is 1. The Hall–Kier alpha value is -1.59. The predicted molar refractivity (Wildman–Crippen MR) is 49.3 cm³/mol. The summed E-state index contributed by atoms with van der Waals surface area (Å²) in [6.07, 6.45) is -1.56. The lowest BCUT2D eigenvalue weighted by Gasteiger charge is -2.21. The first-order valence-electron chi connectivity index (χ1n) is 4.43. The maximum Gasteiger partial charge on any atom is 0.337 e. The minimum Gasteiger partial charge on any atom is -0.479 e. The number of aliphatic hydroxyl groups is 1. The van der Waals surface area contributed by atoms with Gasteiger partial charge in [-0.1, -0.05) is 18.2 Å². The highest BCUT2D eigenvalue weighted by atomic mass is 16.7. The van der Waals surface area contributed by atoms with Crippen molar-refractivity contribution in [3.8, 4) is 5.75 Å². The van der Waals surface area contributed by atoms with Gasteiger partial charge in [0.15, 0.2) is 12.9 Å². The van der Waals surface area contributed by atoms with Crippen molar-refractivity contribution in [2.75, 3.05) is 6.79 Å².